The maximum Gasteiger partial charge on any atom is 0.451 e. The van der Waals surface area contributed by atoms with Gasteiger partial charge in [0.05, 0.1) is 17.9 Å². The number of hydrogen-bond donors (Lipinski definition) is 1. The SMILES string of the molecule is CCOCCc1cc(-c2n[nH]c(C(F)(F)F)n2)cnc1CN1CCC(c2cccc3c2O[C@@H](c2ccc(Cl)cc2F)O3)CC1. The Kier molecular flexibility index (Phi) is 8.75. The lowest BCUT2D eigenvalue weighted by Crippen LogP contribution is -2.33. The van der Waals surface area contributed by atoms with Crippen LogP contribution in [0, 0.1) is 5.82 Å². The molecular weight excluding hydrogens is 602 g/mol. The Labute approximate surface area is 256 Å². The van der Waals surface area contributed by atoms with Gasteiger partial charge in [0.2, 0.25) is 5.82 Å². The van der Waals surface area contributed by atoms with Gasteiger partial charge in [-0.15, -0.1) is 0 Å². The summed E-state index contributed by atoms with van der Waals surface area (Å²) in [5.41, 5.74) is 3.44. The highest BCUT2D eigenvalue weighted by Crippen LogP contribution is 2.47. The Morgan fingerprint density at radius 3 is 2.64 bits per heavy atom. The van der Waals surface area contributed by atoms with Crippen molar-refractivity contribution in [3.8, 4) is 22.9 Å². The number of pyridine rings is 1. The Hall–Kier alpha value is -3.74. The van der Waals surface area contributed by atoms with Gasteiger partial charge in [-0.3, -0.25) is 15.0 Å². The molecule has 0 unspecified atom stereocenters. The summed E-state index contributed by atoms with van der Waals surface area (Å²) in [6, 6.07) is 12.0. The zero-order valence-corrected chi connectivity index (χ0v) is 24.6. The Balaban J connectivity index is 1.13. The van der Waals surface area contributed by atoms with Gasteiger partial charge in [0.1, 0.15) is 5.82 Å². The monoisotopic (exact) mass is 631 g/mol. The maximum absolute atomic E-state index is 14.6. The number of piperidine rings is 1. The molecule has 8 nitrogen and oxygen atoms in total. The number of hydrogen-bond acceptors (Lipinski definition) is 7. The molecule has 2 aliphatic rings. The quantitative estimate of drug-likeness (QED) is 0.156. The van der Waals surface area contributed by atoms with Gasteiger partial charge in [-0.2, -0.15) is 18.3 Å². The van der Waals surface area contributed by atoms with E-state index in [-0.39, 0.29) is 17.3 Å². The molecular formula is C31H30ClF4N5O3. The van der Waals surface area contributed by atoms with Crippen molar-refractivity contribution in [3.63, 3.8) is 0 Å². The molecule has 44 heavy (non-hydrogen) atoms. The first-order valence-electron chi connectivity index (χ1n) is 14.4. The predicted molar refractivity (Wildman–Crippen MR) is 154 cm³/mol. The number of likely N-dealkylation sites (tertiary alicyclic amines) is 1. The summed E-state index contributed by atoms with van der Waals surface area (Å²) in [7, 11) is 0. The number of benzene rings is 2. The smallest absolute Gasteiger partial charge is 0.447 e. The second-order valence-corrected chi connectivity index (χ2v) is 11.2. The van der Waals surface area contributed by atoms with Gasteiger partial charge in [0.25, 0.3) is 6.29 Å². The number of rotatable bonds is 9. The van der Waals surface area contributed by atoms with Gasteiger partial charge >= 0.3 is 6.18 Å². The van der Waals surface area contributed by atoms with E-state index in [4.69, 9.17) is 25.8 Å². The maximum atomic E-state index is 14.6. The minimum Gasteiger partial charge on any atom is -0.447 e. The van der Waals surface area contributed by atoms with E-state index in [1.54, 1.807) is 18.2 Å². The number of H-pyrrole nitrogens is 1. The third kappa shape index (κ3) is 6.52. The molecule has 0 aliphatic carbocycles. The van der Waals surface area contributed by atoms with Crippen LogP contribution in [0.4, 0.5) is 17.6 Å². The van der Waals surface area contributed by atoms with Gasteiger partial charge < -0.3 is 14.2 Å². The zero-order valence-electron chi connectivity index (χ0n) is 23.8. The fourth-order valence-corrected chi connectivity index (χ4v) is 5.78. The van der Waals surface area contributed by atoms with Crippen molar-refractivity contribution in [1.82, 2.24) is 25.1 Å². The lowest BCUT2D eigenvalue weighted by Gasteiger charge is -2.32. The van der Waals surface area contributed by atoms with E-state index in [0.717, 1.165) is 42.8 Å². The average molecular weight is 632 g/mol. The molecule has 2 aromatic heterocycles. The van der Waals surface area contributed by atoms with Crippen LogP contribution in [0.2, 0.25) is 5.02 Å². The Morgan fingerprint density at radius 2 is 1.91 bits per heavy atom. The second-order valence-electron chi connectivity index (χ2n) is 10.7. The molecule has 0 amide bonds. The van der Waals surface area contributed by atoms with Crippen LogP contribution < -0.4 is 9.47 Å². The molecule has 2 aromatic carbocycles. The molecule has 1 saturated heterocycles. The number of alkyl halides is 3. The summed E-state index contributed by atoms with van der Waals surface area (Å²) in [6.07, 6.45) is -1.70. The van der Waals surface area contributed by atoms with E-state index < -0.39 is 24.1 Å². The summed E-state index contributed by atoms with van der Waals surface area (Å²) in [5.74, 6) is -0.247. The predicted octanol–water partition coefficient (Wildman–Crippen LogP) is 7.11. The summed E-state index contributed by atoms with van der Waals surface area (Å²) in [4.78, 5) is 10.5. The molecule has 4 heterocycles. The first kappa shape index (κ1) is 30.3. The molecule has 6 rings (SSSR count). The van der Waals surface area contributed by atoms with Crippen molar-refractivity contribution < 1.29 is 31.8 Å². The van der Waals surface area contributed by atoms with Crippen molar-refractivity contribution >= 4 is 11.6 Å². The van der Waals surface area contributed by atoms with E-state index in [1.165, 1.54) is 12.3 Å². The number of nitrogens with zero attached hydrogens (tertiary/aromatic N) is 4. The van der Waals surface area contributed by atoms with E-state index in [2.05, 4.69) is 20.0 Å². The first-order valence-corrected chi connectivity index (χ1v) is 14.8. The lowest BCUT2D eigenvalue weighted by molar-refractivity contribution is -0.144. The molecule has 13 heteroatoms. The average Bonchev–Trinajstić information content (AvgIpc) is 3.67. The van der Waals surface area contributed by atoms with Crippen LogP contribution in [0.3, 0.4) is 0 Å². The van der Waals surface area contributed by atoms with Crippen LogP contribution in [0.1, 0.15) is 60.2 Å². The molecule has 0 saturated carbocycles. The summed E-state index contributed by atoms with van der Waals surface area (Å²) < 4.78 is 71.3. The number of aromatic amines is 1. The number of halogens is 5. The fraction of sp³-hybridized carbons (Fsp3) is 0.387. The minimum absolute atomic E-state index is 0.0579. The van der Waals surface area contributed by atoms with Crippen molar-refractivity contribution in [3.05, 3.63) is 87.7 Å². The zero-order chi connectivity index (χ0) is 30.8. The van der Waals surface area contributed by atoms with Gasteiger partial charge in [-0.05, 0) is 81.1 Å². The summed E-state index contributed by atoms with van der Waals surface area (Å²) in [5, 5.41) is 6.01. The van der Waals surface area contributed by atoms with E-state index in [0.29, 0.717) is 48.3 Å². The molecule has 0 bridgehead atoms. The van der Waals surface area contributed by atoms with Crippen LogP contribution >= 0.6 is 11.6 Å². The van der Waals surface area contributed by atoms with Crippen molar-refractivity contribution in [2.24, 2.45) is 0 Å². The third-order valence-corrected chi connectivity index (χ3v) is 8.11. The highest BCUT2D eigenvalue weighted by molar-refractivity contribution is 6.30. The Morgan fingerprint density at radius 1 is 1.09 bits per heavy atom. The molecule has 4 aromatic rings. The van der Waals surface area contributed by atoms with Crippen LogP contribution in [0.15, 0.2) is 48.7 Å². The highest BCUT2D eigenvalue weighted by atomic mass is 35.5. The fourth-order valence-electron chi connectivity index (χ4n) is 5.62. The summed E-state index contributed by atoms with van der Waals surface area (Å²) >= 11 is 5.91. The van der Waals surface area contributed by atoms with Crippen molar-refractivity contribution in [2.45, 2.75) is 51.1 Å². The van der Waals surface area contributed by atoms with Crippen molar-refractivity contribution in [2.75, 3.05) is 26.3 Å². The van der Waals surface area contributed by atoms with Crippen LogP contribution in [-0.4, -0.2) is 51.4 Å². The molecule has 0 radical (unpaired) electrons. The number of ether oxygens (including phenoxy) is 3. The van der Waals surface area contributed by atoms with Gasteiger partial charge in [-0.25, -0.2) is 9.37 Å². The standard InChI is InChI=1S/C31H30ClF4N5O3/c1-2-42-13-10-19-14-20(28-38-30(40-39-28)31(34,35)36)16-37-25(19)17-41-11-8-18(9-12-41)22-4-3-5-26-27(22)44-29(43-26)23-7-6-21(32)15-24(23)33/h3-7,14-16,18,29H,2,8-13,17H2,1H3,(H,38,39,40)/t29-/m0/s1. The normalized spacial score (nSPS) is 17.4. The number of nitrogens with one attached hydrogen (secondary N) is 1. The second kappa shape index (κ2) is 12.7. The topological polar surface area (TPSA) is 85.4 Å². The number of fused-ring (bicyclic) bond motifs is 1. The van der Waals surface area contributed by atoms with Crippen LogP contribution in [0.25, 0.3) is 11.4 Å². The van der Waals surface area contributed by atoms with E-state index >= 15 is 0 Å². The molecule has 0 spiro atoms. The molecule has 1 N–H and O–H groups in total. The van der Waals surface area contributed by atoms with Gasteiger partial charge in [0, 0.05) is 35.5 Å². The molecule has 1 atom stereocenters. The Bertz CT molecular complexity index is 1620. The molecule has 2 aliphatic heterocycles. The highest BCUT2D eigenvalue weighted by Gasteiger charge is 2.36. The molecule has 1 fully saturated rings. The third-order valence-electron chi connectivity index (χ3n) is 7.88. The largest absolute Gasteiger partial charge is 0.451 e. The van der Waals surface area contributed by atoms with Gasteiger partial charge in [-0.1, -0.05) is 23.7 Å². The van der Waals surface area contributed by atoms with Crippen LogP contribution in [-0.2, 0) is 23.9 Å². The molecule has 232 valence electrons. The van der Waals surface area contributed by atoms with E-state index in [1.807, 2.05) is 30.2 Å². The van der Waals surface area contributed by atoms with Crippen molar-refractivity contribution in [1.29, 1.82) is 0 Å². The van der Waals surface area contributed by atoms with Crippen LogP contribution in [0.5, 0.6) is 11.5 Å². The van der Waals surface area contributed by atoms with E-state index in [9.17, 15) is 17.6 Å². The minimum atomic E-state index is -4.61. The summed E-state index contributed by atoms with van der Waals surface area (Å²) in [6.45, 7) is 5.10. The van der Waals surface area contributed by atoms with Gasteiger partial charge in [0.15, 0.2) is 17.3 Å². The first-order chi connectivity index (χ1) is 21.2. The number of aromatic nitrogens is 4. The number of para-hydroxylation sites is 1. The lowest BCUT2D eigenvalue weighted by atomic mass is 9.88.